The molecule has 1 amide bonds. The maximum absolute atomic E-state index is 13.0. The molecule has 0 radical (unpaired) electrons. The molecule has 0 bridgehead atoms. The number of halogens is 4. The number of anilines is 1. The minimum absolute atomic E-state index is 0.0165. The van der Waals surface area contributed by atoms with Crippen LogP contribution in [-0.4, -0.2) is 20.6 Å². The summed E-state index contributed by atoms with van der Waals surface area (Å²) in [6, 6.07) is 9.76. The van der Waals surface area contributed by atoms with Crippen LogP contribution >= 0.6 is 11.6 Å². The van der Waals surface area contributed by atoms with Gasteiger partial charge in [0.15, 0.2) is 0 Å². The lowest BCUT2D eigenvalue weighted by Crippen LogP contribution is -2.14. The van der Waals surface area contributed by atoms with Crippen molar-refractivity contribution in [2.45, 2.75) is 6.18 Å². The van der Waals surface area contributed by atoms with Crippen LogP contribution in [0, 0.1) is 10.1 Å². The molecule has 0 aliphatic rings. The molecule has 144 valence electrons. The highest BCUT2D eigenvalue weighted by Gasteiger charge is 2.35. The van der Waals surface area contributed by atoms with E-state index in [4.69, 9.17) is 11.6 Å². The summed E-state index contributed by atoms with van der Waals surface area (Å²) in [6.45, 7) is 0. The highest BCUT2D eigenvalue weighted by atomic mass is 35.5. The minimum atomic E-state index is -4.56. The molecule has 2 aromatic carbocycles. The summed E-state index contributed by atoms with van der Waals surface area (Å²) >= 11 is 5.90. The normalized spacial score (nSPS) is 11.3. The molecule has 0 aliphatic carbocycles. The maximum Gasteiger partial charge on any atom is 0.433 e. The molecule has 0 atom stereocenters. The van der Waals surface area contributed by atoms with E-state index in [0.717, 1.165) is 29.1 Å². The van der Waals surface area contributed by atoms with E-state index in [0.29, 0.717) is 5.69 Å². The zero-order valence-electron chi connectivity index (χ0n) is 13.8. The number of nitro benzene ring substituents is 1. The Kier molecular flexibility index (Phi) is 5.06. The average molecular weight is 411 g/mol. The van der Waals surface area contributed by atoms with E-state index < -0.39 is 22.7 Å². The van der Waals surface area contributed by atoms with Crippen molar-refractivity contribution in [1.29, 1.82) is 0 Å². The van der Waals surface area contributed by atoms with Crippen molar-refractivity contribution >= 4 is 28.9 Å². The lowest BCUT2D eigenvalue weighted by atomic mass is 10.2. The second-order valence-corrected chi connectivity index (χ2v) is 5.96. The minimum Gasteiger partial charge on any atom is -0.322 e. The molecule has 0 saturated carbocycles. The maximum atomic E-state index is 13.0. The van der Waals surface area contributed by atoms with Gasteiger partial charge in [-0.2, -0.15) is 18.3 Å². The number of aromatic nitrogens is 2. The van der Waals surface area contributed by atoms with Gasteiger partial charge in [0.2, 0.25) is 0 Å². The van der Waals surface area contributed by atoms with Crippen molar-refractivity contribution in [2.24, 2.45) is 0 Å². The number of hydrogen-bond donors (Lipinski definition) is 1. The molecule has 0 spiro atoms. The molecular weight excluding hydrogens is 401 g/mol. The van der Waals surface area contributed by atoms with Gasteiger partial charge in [-0.1, -0.05) is 11.6 Å². The fourth-order valence-electron chi connectivity index (χ4n) is 2.41. The molecule has 3 rings (SSSR count). The average Bonchev–Trinajstić information content (AvgIpc) is 3.12. The van der Waals surface area contributed by atoms with Gasteiger partial charge in [-0.15, -0.1) is 0 Å². The molecule has 3 aromatic rings. The standard InChI is InChI=1S/C17H10ClF3N4O3/c18-14-9-12(25(27)28)5-6-13(14)16(26)23-10-1-3-11(4-2-10)24-15(7-8-22-24)17(19,20)21/h1-9H,(H,23,26). The van der Waals surface area contributed by atoms with E-state index in [1.165, 1.54) is 30.3 Å². The van der Waals surface area contributed by atoms with Crippen LogP contribution in [0.25, 0.3) is 5.69 Å². The molecule has 1 heterocycles. The number of nitrogens with one attached hydrogen (secondary N) is 1. The summed E-state index contributed by atoms with van der Waals surface area (Å²) in [5, 5.41) is 16.8. The van der Waals surface area contributed by atoms with Crippen LogP contribution in [0.5, 0.6) is 0 Å². The predicted octanol–water partition coefficient (Wildman–Crippen LogP) is 4.71. The number of benzene rings is 2. The van der Waals surface area contributed by atoms with Crippen molar-refractivity contribution in [1.82, 2.24) is 9.78 Å². The monoisotopic (exact) mass is 410 g/mol. The second kappa shape index (κ2) is 7.31. The first-order chi connectivity index (χ1) is 13.2. The van der Waals surface area contributed by atoms with Crippen molar-refractivity contribution in [3.05, 3.63) is 81.1 Å². The molecule has 1 aromatic heterocycles. The number of rotatable bonds is 4. The molecule has 0 fully saturated rings. The van der Waals surface area contributed by atoms with Gasteiger partial charge in [0.1, 0.15) is 5.69 Å². The van der Waals surface area contributed by atoms with Crippen molar-refractivity contribution < 1.29 is 22.9 Å². The zero-order chi connectivity index (χ0) is 20.5. The fourth-order valence-corrected chi connectivity index (χ4v) is 2.67. The molecule has 0 aliphatic heterocycles. The smallest absolute Gasteiger partial charge is 0.322 e. The first kappa shape index (κ1) is 19.4. The van der Waals surface area contributed by atoms with Gasteiger partial charge in [-0.05, 0) is 36.4 Å². The Morgan fingerprint density at radius 2 is 1.82 bits per heavy atom. The molecule has 11 heteroatoms. The van der Waals surface area contributed by atoms with E-state index in [2.05, 4.69) is 10.4 Å². The number of carbonyl (C=O) groups excluding carboxylic acids is 1. The third-order valence-corrected chi connectivity index (χ3v) is 4.02. The first-order valence-corrected chi connectivity index (χ1v) is 8.01. The van der Waals surface area contributed by atoms with Gasteiger partial charge in [-0.3, -0.25) is 14.9 Å². The van der Waals surface area contributed by atoms with Crippen LogP contribution < -0.4 is 5.32 Å². The Balaban J connectivity index is 1.79. The second-order valence-electron chi connectivity index (χ2n) is 5.55. The lowest BCUT2D eigenvalue weighted by molar-refractivity contribution is -0.384. The van der Waals surface area contributed by atoms with Crippen LogP contribution in [0.15, 0.2) is 54.7 Å². The van der Waals surface area contributed by atoms with E-state index >= 15 is 0 Å². The number of alkyl halides is 3. The van der Waals surface area contributed by atoms with Gasteiger partial charge < -0.3 is 5.32 Å². The largest absolute Gasteiger partial charge is 0.433 e. The fraction of sp³-hybridized carbons (Fsp3) is 0.0588. The van der Waals surface area contributed by atoms with E-state index in [-0.39, 0.29) is 22.0 Å². The molecule has 7 nitrogen and oxygen atoms in total. The Hall–Kier alpha value is -3.40. The summed E-state index contributed by atoms with van der Waals surface area (Å²) in [5.74, 6) is -0.622. The Labute approximate surface area is 160 Å². The van der Waals surface area contributed by atoms with Gasteiger partial charge in [0.25, 0.3) is 11.6 Å². The third-order valence-electron chi connectivity index (χ3n) is 3.71. The molecule has 28 heavy (non-hydrogen) atoms. The van der Waals surface area contributed by atoms with E-state index in [1.54, 1.807) is 0 Å². The SMILES string of the molecule is O=C(Nc1ccc(-n2nccc2C(F)(F)F)cc1)c1ccc([N+](=O)[O-])cc1Cl. The summed E-state index contributed by atoms with van der Waals surface area (Å²) in [4.78, 5) is 22.4. The Bertz CT molecular complexity index is 1050. The quantitative estimate of drug-likeness (QED) is 0.498. The zero-order valence-corrected chi connectivity index (χ0v) is 14.5. The van der Waals surface area contributed by atoms with Gasteiger partial charge in [-0.25, -0.2) is 4.68 Å². The molecule has 1 N–H and O–H groups in total. The number of nitrogens with zero attached hydrogens (tertiary/aromatic N) is 3. The number of carbonyl (C=O) groups is 1. The predicted molar refractivity (Wildman–Crippen MR) is 94.6 cm³/mol. The highest BCUT2D eigenvalue weighted by Crippen LogP contribution is 2.30. The van der Waals surface area contributed by atoms with Crippen LogP contribution in [0.1, 0.15) is 16.1 Å². The van der Waals surface area contributed by atoms with Gasteiger partial charge in [0.05, 0.1) is 27.4 Å². The molecule has 0 saturated heterocycles. The first-order valence-electron chi connectivity index (χ1n) is 7.64. The van der Waals surface area contributed by atoms with Crippen molar-refractivity contribution in [3.8, 4) is 5.69 Å². The Morgan fingerprint density at radius 1 is 1.14 bits per heavy atom. The number of hydrogen-bond acceptors (Lipinski definition) is 4. The van der Waals surface area contributed by atoms with E-state index in [9.17, 15) is 28.1 Å². The summed E-state index contributed by atoms with van der Waals surface area (Å²) in [6.07, 6.45) is -3.52. The van der Waals surface area contributed by atoms with Crippen LogP contribution in [0.2, 0.25) is 5.02 Å². The Morgan fingerprint density at radius 3 is 2.39 bits per heavy atom. The van der Waals surface area contributed by atoms with Crippen LogP contribution in [-0.2, 0) is 6.18 Å². The highest BCUT2D eigenvalue weighted by molar-refractivity contribution is 6.34. The summed E-state index contributed by atoms with van der Waals surface area (Å²) in [7, 11) is 0. The summed E-state index contributed by atoms with van der Waals surface area (Å²) < 4.78 is 39.6. The molecular formula is C17H10ClF3N4O3. The third kappa shape index (κ3) is 3.96. The number of amides is 1. The number of nitro groups is 1. The number of non-ortho nitro benzene ring substituents is 1. The van der Waals surface area contributed by atoms with Gasteiger partial charge >= 0.3 is 6.18 Å². The van der Waals surface area contributed by atoms with Crippen LogP contribution in [0.4, 0.5) is 24.5 Å². The van der Waals surface area contributed by atoms with Crippen molar-refractivity contribution in [2.75, 3.05) is 5.32 Å². The summed E-state index contributed by atoms with van der Waals surface area (Å²) in [5.41, 5.74) is -0.720. The topological polar surface area (TPSA) is 90.1 Å². The van der Waals surface area contributed by atoms with Crippen molar-refractivity contribution in [3.63, 3.8) is 0 Å². The molecule has 0 unspecified atom stereocenters. The van der Waals surface area contributed by atoms with E-state index in [1.807, 2.05) is 0 Å². The lowest BCUT2D eigenvalue weighted by Gasteiger charge is -2.11. The van der Waals surface area contributed by atoms with Crippen LogP contribution in [0.3, 0.4) is 0 Å². The van der Waals surface area contributed by atoms with Gasteiger partial charge in [0, 0.05) is 17.8 Å².